The molecule has 4 rings (SSSR count). The lowest BCUT2D eigenvalue weighted by molar-refractivity contribution is -1.03. The summed E-state index contributed by atoms with van der Waals surface area (Å²) in [6.45, 7) is 7.55. The highest BCUT2D eigenvalue weighted by atomic mass is 35.5. The fraction of sp³-hybridized carbons (Fsp3) is 0.333. The summed E-state index contributed by atoms with van der Waals surface area (Å²) in [4.78, 5) is 23.1. The monoisotopic (exact) mass is 384 g/mol. The molecule has 1 fully saturated rings. The summed E-state index contributed by atoms with van der Waals surface area (Å²) in [5, 5.41) is 1.44. The molecule has 2 heterocycles. The maximum Gasteiger partial charge on any atom is 0.258 e. The summed E-state index contributed by atoms with van der Waals surface area (Å²) < 4.78 is 0. The largest absolute Gasteiger partial charge is 0.322 e. The number of hydrogen-bond donors (Lipinski definition) is 3. The van der Waals surface area contributed by atoms with E-state index in [4.69, 9.17) is 16.6 Å². The van der Waals surface area contributed by atoms with E-state index in [1.165, 1.54) is 10.5 Å². The van der Waals surface area contributed by atoms with Crippen molar-refractivity contribution < 1.29 is 9.80 Å². The second-order valence-electron chi connectivity index (χ2n) is 7.40. The number of aromatic amines is 1. The van der Waals surface area contributed by atoms with Crippen molar-refractivity contribution in [1.82, 2.24) is 9.97 Å². The highest BCUT2D eigenvalue weighted by molar-refractivity contribution is 6.30. The average molecular weight is 385 g/mol. The molecule has 0 aliphatic carbocycles. The number of halogens is 1. The third kappa shape index (κ3) is 4.05. The van der Waals surface area contributed by atoms with Crippen LogP contribution in [-0.4, -0.2) is 36.1 Å². The maximum absolute atomic E-state index is 12.3. The Hall–Kier alpha value is -2.21. The molecule has 140 valence electrons. The number of hydrogen-bond acceptors (Lipinski definition) is 2. The zero-order valence-corrected chi connectivity index (χ0v) is 16.2. The minimum Gasteiger partial charge on any atom is -0.322 e. The van der Waals surface area contributed by atoms with Gasteiger partial charge in [0, 0.05) is 10.6 Å². The predicted molar refractivity (Wildman–Crippen MR) is 107 cm³/mol. The number of benzene rings is 2. The van der Waals surface area contributed by atoms with E-state index in [9.17, 15) is 4.79 Å². The Balaban J connectivity index is 1.42. The summed E-state index contributed by atoms with van der Waals surface area (Å²) in [5.74, 6) is 0.787. The van der Waals surface area contributed by atoms with Crippen LogP contribution >= 0.6 is 11.6 Å². The molecule has 0 radical (unpaired) electrons. The minimum absolute atomic E-state index is 0.0474. The van der Waals surface area contributed by atoms with Gasteiger partial charge in [-0.05, 0) is 31.2 Å². The fourth-order valence-corrected chi connectivity index (χ4v) is 4.05. The van der Waals surface area contributed by atoms with E-state index >= 15 is 0 Å². The Bertz CT molecular complexity index is 977. The number of nitrogens with zero attached hydrogens (tertiary/aromatic N) is 1. The Labute approximate surface area is 163 Å². The number of nitrogens with one attached hydrogen (secondary N) is 3. The van der Waals surface area contributed by atoms with Gasteiger partial charge in [-0.15, -0.1) is 0 Å². The Kier molecular flexibility index (Phi) is 5.25. The Morgan fingerprint density at radius 2 is 1.78 bits per heavy atom. The second-order valence-corrected chi connectivity index (χ2v) is 7.84. The van der Waals surface area contributed by atoms with Gasteiger partial charge >= 0.3 is 0 Å². The van der Waals surface area contributed by atoms with E-state index in [1.54, 1.807) is 4.90 Å². The Morgan fingerprint density at radius 1 is 1.07 bits per heavy atom. The third-order valence-corrected chi connectivity index (χ3v) is 5.87. The lowest BCUT2D eigenvalue weighted by atomic mass is 10.1. The molecular weight excluding hydrogens is 360 g/mol. The molecule has 1 aromatic heterocycles. The van der Waals surface area contributed by atoms with E-state index in [2.05, 4.69) is 24.0 Å². The van der Waals surface area contributed by atoms with Gasteiger partial charge in [-0.2, -0.15) is 0 Å². The van der Waals surface area contributed by atoms with E-state index in [-0.39, 0.29) is 11.6 Å². The van der Waals surface area contributed by atoms with Crippen molar-refractivity contribution in [2.24, 2.45) is 0 Å². The smallest absolute Gasteiger partial charge is 0.258 e. The predicted octanol–water partition coefficient (Wildman–Crippen LogP) is 0.621. The number of H-pyrrole nitrogens is 1. The van der Waals surface area contributed by atoms with Crippen molar-refractivity contribution in [3.8, 4) is 0 Å². The molecule has 0 unspecified atom stereocenters. The van der Waals surface area contributed by atoms with Gasteiger partial charge in [0.2, 0.25) is 0 Å². The van der Waals surface area contributed by atoms with Crippen molar-refractivity contribution in [3.63, 3.8) is 0 Å². The van der Waals surface area contributed by atoms with Gasteiger partial charge in [-0.3, -0.25) is 4.79 Å². The number of piperazine rings is 1. The van der Waals surface area contributed by atoms with Crippen LogP contribution in [0.15, 0.2) is 53.3 Å². The quantitative estimate of drug-likeness (QED) is 0.617. The van der Waals surface area contributed by atoms with Crippen LogP contribution < -0.4 is 15.4 Å². The number of fused-ring (bicyclic) bond motifs is 1. The van der Waals surface area contributed by atoms with Crippen LogP contribution in [0.2, 0.25) is 5.02 Å². The first kappa shape index (κ1) is 18.2. The highest BCUT2D eigenvalue weighted by Gasteiger charge is 2.29. The average Bonchev–Trinajstić information content (AvgIpc) is 2.70. The van der Waals surface area contributed by atoms with Gasteiger partial charge in [0.1, 0.15) is 38.8 Å². The molecule has 0 spiro atoms. The van der Waals surface area contributed by atoms with Gasteiger partial charge in [-0.25, -0.2) is 4.98 Å². The van der Waals surface area contributed by atoms with E-state index in [0.29, 0.717) is 5.39 Å². The normalized spacial score (nSPS) is 21.3. The molecule has 6 heteroatoms. The van der Waals surface area contributed by atoms with E-state index < -0.39 is 0 Å². The molecule has 3 aromatic rings. The zero-order valence-electron chi connectivity index (χ0n) is 15.5. The van der Waals surface area contributed by atoms with Crippen molar-refractivity contribution in [3.05, 3.63) is 75.3 Å². The molecule has 1 saturated heterocycles. The number of para-hydroxylation sites is 1. The standard InChI is InChI=1S/C21H23ClN4O/c1-15(20-23-19-5-3-2-4-18(19)21(27)24-20)26-12-10-25(11-13-26)14-16-6-8-17(22)9-7-16/h2-9,15H,10-14H2,1H3,(H,23,24,27)/p+2/t15-/m1/s1. The van der Waals surface area contributed by atoms with Gasteiger partial charge in [0.15, 0.2) is 5.82 Å². The zero-order chi connectivity index (χ0) is 18.8. The molecule has 27 heavy (non-hydrogen) atoms. The number of aromatic nitrogens is 2. The van der Waals surface area contributed by atoms with E-state index in [0.717, 1.165) is 49.1 Å². The van der Waals surface area contributed by atoms with Gasteiger partial charge in [-0.1, -0.05) is 35.9 Å². The lowest BCUT2D eigenvalue weighted by Crippen LogP contribution is -3.27. The van der Waals surface area contributed by atoms with Gasteiger partial charge in [0.05, 0.1) is 10.9 Å². The minimum atomic E-state index is -0.0474. The molecule has 0 bridgehead atoms. The lowest BCUT2D eigenvalue weighted by Gasteiger charge is -2.32. The number of rotatable bonds is 4. The van der Waals surface area contributed by atoms with Crippen LogP contribution in [0.4, 0.5) is 0 Å². The molecule has 1 atom stereocenters. The molecule has 1 aliphatic rings. The summed E-state index contributed by atoms with van der Waals surface area (Å²) >= 11 is 5.97. The first-order valence-corrected chi connectivity index (χ1v) is 9.89. The third-order valence-electron chi connectivity index (χ3n) is 5.62. The second kappa shape index (κ2) is 7.80. The van der Waals surface area contributed by atoms with Crippen LogP contribution in [0, 0.1) is 0 Å². The summed E-state index contributed by atoms with van der Waals surface area (Å²) in [5.41, 5.74) is 2.05. The summed E-state index contributed by atoms with van der Waals surface area (Å²) in [6.07, 6.45) is 0. The number of quaternary nitrogens is 2. The van der Waals surface area contributed by atoms with Crippen LogP contribution in [0.25, 0.3) is 10.9 Å². The topological polar surface area (TPSA) is 54.6 Å². The van der Waals surface area contributed by atoms with Crippen molar-refractivity contribution in [2.75, 3.05) is 26.2 Å². The molecule has 5 nitrogen and oxygen atoms in total. The van der Waals surface area contributed by atoms with Crippen molar-refractivity contribution in [1.29, 1.82) is 0 Å². The van der Waals surface area contributed by atoms with Crippen LogP contribution in [0.5, 0.6) is 0 Å². The molecule has 3 N–H and O–H groups in total. The van der Waals surface area contributed by atoms with Crippen LogP contribution in [-0.2, 0) is 6.54 Å². The van der Waals surface area contributed by atoms with E-state index in [1.807, 2.05) is 36.4 Å². The molecule has 0 saturated carbocycles. The molecular formula is C21H25ClN4O+2. The van der Waals surface area contributed by atoms with Gasteiger partial charge in [0.25, 0.3) is 5.56 Å². The summed E-state index contributed by atoms with van der Waals surface area (Å²) in [7, 11) is 0. The van der Waals surface area contributed by atoms with Crippen LogP contribution in [0.3, 0.4) is 0 Å². The molecule has 2 aromatic carbocycles. The van der Waals surface area contributed by atoms with Crippen LogP contribution in [0.1, 0.15) is 24.4 Å². The SMILES string of the molecule is C[C@H](c1nc2ccccc2c(=O)[nH]1)[NH+]1CC[NH+](Cc2ccc(Cl)cc2)CC1. The first-order chi connectivity index (χ1) is 13.1. The fourth-order valence-electron chi connectivity index (χ4n) is 3.93. The van der Waals surface area contributed by atoms with Crippen molar-refractivity contribution in [2.45, 2.75) is 19.5 Å². The Morgan fingerprint density at radius 3 is 2.52 bits per heavy atom. The molecule has 1 aliphatic heterocycles. The highest BCUT2D eigenvalue weighted by Crippen LogP contribution is 2.10. The molecule has 0 amide bonds. The maximum atomic E-state index is 12.3. The van der Waals surface area contributed by atoms with Crippen molar-refractivity contribution >= 4 is 22.5 Å². The first-order valence-electron chi connectivity index (χ1n) is 9.52. The van der Waals surface area contributed by atoms with Gasteiger partial charge < -0.3 is 14.8 Å². The summed E-state index contributed by atoms with van der Waals surface area (Å²) in [6, 6.07) is 15.8.